The van der Waals surface area contributed by atoms with Gasteiger partial charge in [0.15, 0.2) is 11.2 Å². The van der Waals surface area contributed by atoms with Crippen molar-refractivity contribution in [2.45, 2.75) is 31.6 Å². The molecule has 3 aromatic heterocycles. The van der Waals surface area contributed by atoms with E-state index >= 15 is 0 Å². The fraction of sp³-hybridized carbons (Fsp3) is 0.310. The number of amides is 1. The standard InChI is InChI=1S/C29H25ClF3N7O2S/c30-21-12-19(16-1-3-18(4-2-16)38-6-8-42-9-7-38)23(27(32)33)24-20(21)14-40(37-24)26(28(41)36-29-34-5-10-43-29)25-22-11-17(31)13-39(22)15-35-25/h1-5,10,12,14-15,17,26-27H,6-9,11,13H2,(H,34,36,41)/t17-,26-/m1/s1. The summed E-state index contributed by atoms with van der Waals surface area (Å²) in [4.78, 5) is 24.4. The number of fused-ring (bicyclic) bond motifs is 2. The predicted molar refractivity (Wildman–Crippen MR) is 158 cm³/mol. The molecule has 0 radical (unpaired) electrons. The van der Waals surface area contributed by atoms with Crippen LogP contribution >= 0.6 is 22.9 Å². The van der Waals surface area contributed by atoms with Gasteiger partial charge in [-0.1, -0.05) is 23.7 Å². The highest BCUT2D eigenvalue weighted by atomic mass is 35.5. The Labute approximate surface area is 252 Å². The maximum absolute atomic E-state index is 14.8. The van der Waals surface area contributed by atoms with Gasteiger partial charge in [-0.3, -0.25) is 14.8 Å². The van der Waals surface area contributed by atoms with Gasteiger partial charge in [-0.2, -0.15) is 5.10 Å². The molecular formula is C29H25ClF3N7O2S. The van der Waals surface area contributed by atoms with Crippen molar-refractivity contribution >= 4 is 50.6 Å². The summed E-state index contributed by atoms with van der Waals surface area (Å²) in [5.41, 5.74) is 2.29. The number of benzene rings is 2. The number of morpholine rings is 1. The van der Waals surface area contributed by atoms with Crippen LogP contribution in [0.15, 0.2) is 54.4 Å². The molecule has 0 bridgehead atoms. The van der Waals surface area contributed by atoms with Crippen LogP contribution < -0.4 is 10.2 Å². The van der Waals surface area contributed by atoms with Crippen molar-refractivity contribution in [1.82, 2.24) is 24.3 Å². The molecule has 5 heterocycles. The molecule has 43 heavy (non-hydrogen) atoms. The molecule has 1 N–H and O–H groups in total. The average Bonchev–Trinajstić information content (AvgIpc) is 3.80. The normalized spacial score (nSPS) is 17.5. The van der Waals surface area contributed by atoms with Crippen molar-refractivity contribution in [2.24, 2.45) is 0 Å². The lowest BCUT2D eigenvalue weighted by Crippen LogP contribution is -2.36. The van der Waals surface area contributed by atoms with Crippen molar-refractivity contribution in [3.8, 4) is 11.1 Å². The number of alkyl halides is 3. The number of ether oxygens (including phenoxy) is 1. The quantitative estimate of drug-likeness (QED) is 0.242. The highest BCUT2D eigenvalue weighted by molar-refractivity contribution is 7.13. The lowest BCUT2D eigenvalue weighted by molar-refractivity contribution is -0.118. The van der Waals surface area contributed by atoms with E-state index in [2.05, 4.69) is 25.3 Å². The van der Waals surface area contributed by atoms with Crippen molar-refractivity contribution in [1.29, 1.82) is 0 Å². The van der Waals surface area contributed by atoms with Gasteiger partial charge in [0.1, 0.15) is 11.7 Å². The van der Waals surface area contributed by atoms with Crippen LogP contribution in [0, 0.1) is 0 Å². The predicted octanol–water partition coefficient (Wildman–Crippen LogP) is 5.91. The van der Waals surface area contributed by atoms with Gasteiger partial charge in [-0.25, -0.2) is 23.1 Å². The average molecular weight is 628 g/mol. The number of hydrogen-bond acceptors (Lipinski definition) is 7. The number of carbonyl (C=O) groups excluding carboxylic acids is 1. The van der Waals surface area contributed by atoms with E-state index in [1.165, 1.54) is 34.6 Å². The molecule has 7 rings (SSSR count). The number of thiazole rings is 1. The summed E-state index contributed by atoms with van der Waals surface area (Å²) in [6.45, 7) is 2.88. The van der Waals surface area contributed by atoms with E-state index in [9.17, 15) is 18.0 Å². The lowest BCUT2D eigenvalue weighted by atomic mass is 9.97. The van der Waals surface area contributed by atoms with Crippen molar-refractivity contribution in [3.63, 3.8) is 0 Å². The molecule has 1 fully saturated rings. The first kappa shape index (κ1) is 27.9. The summed E-state index contributed by atoms with van der Waals surface area (Å²) >= 11 is 7.92. The van der Waals surface area contributed by atoms with Crippen LogP contribution in [0.3, 0.4) is 0 Å². The van der Waals surface area contributed by atoms with Gasteiger partial charge in [-0.05, 0) is 29.3 Å². The fourth-order valence-electron chi connectivity index (χ4n) is 5.79. The summed E-state index contributed by atoms with van der Waals surface area (Å²) in [6.07, 6.45) is 0.563. The van der Waals surface area contributed by atoms with Crippen LogP contribution in [0.4, 0.5) is 24.0 Å². The van der Waals surface area contributed by atoms with E-state index in [1.54, 1.807) is 28.3 Å². The van der Waals surface area contributed by atoms with Gasteiger partial charge in [0.05, 0.1) is 42.4 Å². The number of imidazole rings is 1. The topological polar surface area (TPSA) is 90.1 Å². The first-order chi connectivity index (χ1) is 20.9. The Hall–Kier alpha value is -3.94. The number of halogens is 4. The molecule has 2 aliphatic heterocycles. The minimum atomic E-state index is -2.89. The molecule has 0 spiro atoms. The first-order valence-corrected chi connectivity index (χ1v) is 14.9. The second-order valence-electron chi connectivity index (χ2n) is 10.4. The van der Waals surface area contributed by atoms with Crippen LogP contribution in [0.2, 0.25) is 5.02 Å². The summed E-state index contributed by atoms with van der Waals surface area (Å²) in [6, 6.07) is 7.68. The van der Waals surface area contributed by atoms with Crippen LogP contribution in [-0.2, 0) is 22.5 Å². The van der Waals surface area contributed by atoms with Gasteiger partial charge in [0.25, 0.3) is 12.3 Å². The molecule has 9 nitrogen and oxygen atoms in total. The Morgan fingerprint density at radius 3 is 2.67 bits per heavy atom. The van der Waals surface area contributed by atoms with Crippen LogP contribution in [0.5, 0.6) is 0 Å². The zero-order chi connectivity index (χ0) is 29.7. The van der Waals surface area contributed by atoms with Gasteiger partial charge < -0.3 is 14.2 Å². The van der Waals surface area contributed by atoms with Crippen molar-refractivity contribution < 1.29 is 22.7 Å². The number of nitrogens with zero attached hydrogens (tertiary/aromatic N) is 6. The van der Waals surface area contributed by atoms with E-state index in [4.69, 9.17) is 16.3 Å². The molecule has 222 valence electrons. The lowest BCUT2D eigenvalue weighted by Gasteiger charge is -2.29. The number of nitrogens with one attached hydrogen (secondary N) is 1. The zero-order valence-electron chi connectivity index (χ0n) is 22.6. The molecule has 2 aromatic carbocycles. The third kappa shape index (κ3) is 5.15. The number of anilines is 2. The van der Waals surface area contributed by atoms with E-state index in [0.29, 0.717) is 29.6 Å². The fourth-order valence-corrected chi connectivity index (χ4v) is 6.57. The summed E-state index contributed by atoms with van der Waals surface area (Å²) in [5, 5.41) is 9.80. The van der Waals surface area contributed by atoms with Crippen LogP contribution in [0.1, 0.15) is 29.4 Å². The van der Waals surface area contributed by atoms with Gasteiger partial charge >= 0.3 is 0 Å². The second kappa shape index (κ2) is 11.3. The SMILES string of the molecule is O=C(Nc1nccs1)[C@@H](c1ncn2c1C[C@@H](F)C2)n1cc2c(Cl)cc(-c3ccc(N4CCOCC4)cc3)c(C(F)F)c2n1. The zero-order valence-corrected chi connectivity index (χ0v) is 24.2. The molecule has 0 aliphatic carbocycles. The van der Waals surface area contributed by atoms with Gasteiger partial charge in [0, 0.05) is 54.1 Å². The summed E-state index contributed by atoms with van der Waals surface area (Å²) in [5.74, 6) is -0.541. The minimum Gasteiger partial charge on any atom is -0.378 e. The van der Waals surface area contributed by atoms with Gasteiger partial charge in [0.2, 0.25) is 0 Å². The van der Waals surface area contributed by atoms with Crippen LogP contribution in [-0.4, -0.2) is 62.7 Å². The Balaban J connectivity index is 1.33. The Kier molecular flexibility index (Phi) is 7.31. The summed E-state index contributed by atoms with van der Waals surface area (Å²) in [7, 11) is 0. The number of aromatic nitrogens is 5. The van der Waals surface area contributed by atoms with Crippen molar-refractivity contribution in [2.75, 3.05) is 36.5 Å². The van der Waals surface area contributed by atoms with Gasteiger partial charge in [-0.15, -0.1) is 11.3 Å². The third-order valence-electron chi connectivity index (χ3n) is 7.80. The molecule has 0 unspecified atom stereocenters. The largest absolute Gasteiger partial charge is 0.378 e. The maximum Gasteiger partial charge on any atom is 0.266 e. The molecule has 14 heteroatoms. The highest BCUT2D eigenvalue weighted by Gasteiger charge is 2.35. The molecule has 5 aromatic rings. The molecule has 1 amide bonds. The number of hydrogen-bond donors (Lipinski definition) is 1. The number of rotatable bonds is 7. The number of carbonyl (C=O) groups is 1. The first-order valence-electron chi connectivity index (χ1n) is 13.7. The maximum atomic E-state index is 14.8. The molecule has 0 saturated carbocycles. The Morgan fingerprint density at radius 1 is 1.16 bits per heavy atom. The molecular weight excluding hydrogens is 603 g/mol. The van der Waals surface area contributed by atoms with Crippen molar-refractivity contribution in [3.05, 3.63) is 76.4 Å². The van der Waals surface area contributed by atoms with E-state index in [1.807, 2.05) is 12.1 Å². The molecule has 2 atom stereocenters. The highest BCUT2D eigenvalue weighted by Crippen LogP contribution is 2.41. The smallest absolute Gasteiger partial charge is 0.266 e. The van der Waals surface area contributed by atoms with E-state index in [-0.39, 0.29) is 45.7 Å². The summed E-state index contributed by atoms with van der Waals surface area (Å²) < 4.78 is 52.3. The third-order valence-corrected chi connectivity index (χ3v) is 8.80. The van der Waals surface area contributed by atoms with E-state index in [0.717, 1.165) is 18.8 Å². The van der Waals surface area contributed by atoms with Crippen LogP contribution in [0.25, 0.3) is 22.0 Å². The Morgan fingerprint density at radius 2 is 1.95 bits per heavy atom. The van der Waals surface area contributed by atoms with E-state index < -0.39 is 24.5 Å². The second-order valence-corrected chi connectivity index (χ2v) is 11.7. The Bertz CT molecular complexity index is 1790. The monoisotopic (exact) mass is 627 g/mol. The molecule has 2 aliphatic rings. The molecule has 1 saturated heterocycles. The minimum absolute atomic E-state index is 0.0268.